The Bertz CT molecular complexity index is 1600. The second-order valence-electron chi connectivity index (χ2n) is 8.80. The van der Waals surface area contributed by atoms with E-state index in [9.17, 15) is 19.6 Å². The van der Waals surface area contributed by atoms with Gasteiger partial charge in [0.25, 0.3) is 0 Å². The zero-order chi connectivity index (χ0) is 27.9. The summed E-state index contributed by atoms with van der Waals surface area (Å²) in [4.78, 5) is 42.6. The van der Waals surface area contributed by atoms with Gasteiger partial charge in [-0.15, -0.1) is 11.3 Å². The van der Waals surface area contributed by atoms with Gasteiger partial charge in [-0.1, -0.05) is 24.3 Å². The van der Waals surface area contributed by atoms with Gasteiger partial charge in [0.1, 0.15) is 29.5 Å². The lowest BCUT2D eigenvalue weighted by molar-refractivity contribution is -0.123. The van der Waals surface area contributed by atoms with Crippen molar-refractivity contribution in [1.82, 2.24) is 0 Å². The van der Waals surface area contributed by atoms with Gasteiger partial charge in [0, 0.05) is 27.9 Å². The number of para-hydroxylation sites is 1. The number of carbonyl (C=O) groups excluding carboxylic acids is 3. The Labute approximate surface area is 228 Å². The van der Waals surface area contributed by atoms with Crippen molar-refractivity contribution < 1.29 is 28.6 Å². The number of nitrogens with one attached hydrogen (secondary N) is 1. The third kappa shape index (κ3) is 3.88. The van der Waals surface area contributed by atoms with E-state index in [-0.39, 0.29) is 35.9 Å². The summed E-state index contributed by atoms with van der Waals surface area (Å²) < 4.78 is 16.2. The van der Waals surface area contributed by atoms with Gasteiger partial charge in [-0.25, -0.2) is 4.79 Å². The number of nitriles is 1. The molecule has 2 aliphatic heterocycles. The van der Waals surface area contributed by atoms with E-state index in [2.05, 4.69) is 11.4 Å². The number of anilines is 2. The molecule has 1 aromatic heterocycles. The molecule has 0 aliphatic carbocycles. The van der Waals surface area contributed by atoms with E-state index in [1.165, 1.54) is 12.0 Å². The van der Waals surface area contributed by atoms with E-state index in [1.54, 1.807) is 62.4 Å². The van der Waals surface area contributed by atoms with Crippen LogP contribution in [-0.4, -0.2) is 38.0 Å². The molecule has 3 aromatic rings. The first kappa shape index (κ1) is 25.8. The summed E-state index contributed by atoms with van der Waals surface area (Å²) in [5.41, 5.74) is 5.98. The van der Waals surface area contributed by atoms with Gasteiger partial charge in [0.05, 0.1) is 18.6 Å². The number of fused-ring (bicyclic) bond motifs is 4. The van der Waals surface area contributed by atoms with Crippen molar-refractivity contribution in [2.75, 3.05) is 30.5 Å². The number of thiophene rings is 1. The van der Waals surface area contributed by atoms with Crippen LogP contribution in [0.2, 0.25) is 0 Å². The molecule has 0 unspecified atom stereocenters. The highest BCUT2D eigenvalue weighted by atomic mass is 32.1. The number of aryl methyl sites for hydroxylation is 1. The molecule has 3 heterocycles. The molecule has 1 spiro atoms. The van der Waals surface area contributed by atoms with Crippen LogP contribution >= 0.6 is 11.3 Å². The fourth-order valence-electron chi connectivity index (χ4n) is 5.02. The number of hydrogen-bond acceptors (Lipinski definition) is 9. The summed E-state index contributed by atoms with van der Waals surface area (Å²) in [7, 11) is 1.52. The van der Waals surface area contributed by atoms with Gasteiger partial charge >= 0.3 is 5.97 Å². The molecule has 0 radical (unpaired) electrons. The normalized spacial score (nSPS) is 17.3. The van der Waals surface area contributed by atoms with E-state index in [4.69, 9.17) is 19.9 Å². The van der Waals surface area contributed by atoms with Gasteiger partial charge in [0.2, 0.25) is 17.7 Å². The molecule has 2 aromatic carbocycles. The van der Waals surface area contributed by atoms with Crippen molar-refractivity contribution in [3.63, 3.8) is 0 Å². The molecule has 0 bridgehead atoms. The van der Waals surface area contributed by atoms with Crippen LogP contribution in [0.25, 0.3) is 0 Å². The Morgan fingerprint density at radius 1 is 1.23 bits per heavy atom. The van der Waals surface area contributed by atoms with Gasteiger partial charge < -0.3 is 30.2 Å². The molecule has 39 heavy (non-hydrogen) atoms. The number of hydrogen-bond donors (Lipinski definition) is 2. The number of ether oxygens (including phenoxy) is 3. The van der Waals surface area contributed by atoms with E-state index >= 15 is 0 Å². The van der Waals surface area contributed by atoms with Crippen LogP contribution < -0.4 is 25.4 Å². The third-order valence-electron chi connectivity index (χ3n) is 6.63. The lowest BCUT2D eigenvalue weighted by atomic mass is 9.72. The van der Waals surface area contributed by atoms with E-state index < -0.39 is 23.2 Å². The predicted octanol–water partition coefficient (Wildman–Crippen LogP) is 3.60. The zero-order valence-electron chi connectivity index (χ0n) is 21.4. The van der Waals surface area contributed by atoms with Crippen LogP contribution in [0.3, 0.4) is 0 Å². The summed E-state index contributed by atoms with van der Waals surface area (Å²) in [6.45, 7) is 3.19. The molecule has 2 aliphatic rings. The molecule has 0 saturated carbocycles. The molecule has 10 nitrogen and oxygen atoms in total. The SMILES string of the molecule is CCOC(=O)c1c(C)sc2c1OC(N)=C(C#N)[C@]21C(=O)N(CC(=O)Nc2cccc(OC)c2)c2ccccc21. The lowest BCUT2D eigenvalue weighted by Crippen LogP contribution is -2.47. The topological polar surface area (TPSA) is 144 Å². The van der Waals surface area contributed by atoms with Crippen LogP contribution in [0.1, 0.15) is 32.6 Å². The van der Waals surface area contributed by atoms with E-state index in [0.717, 1.165) is 11.3 Å². The van der Waals surface area contributed by atoms with Crippen LogP contribution in [0.5, 0.6) is 11.5 Å². The minimum absolute atomic E-state index is 0.0817. The van der Waals surface area contributed by atoms with Crippen LogP contribution in [0.15, 0.2) is 60.0 Å². The van der Waals surface area contributed by atoms with Gasteiger partial charge in [0.15, 0.2) is 11.2 Å². The largest absolute Gasteiger partial charge is 0.497 e. The first-order valence-electron chi connectivity index (χ1n) is 12.0. The Morgan fingerprint density at radius 3 is 2.72 bits per heavy atom. The molecule has 3 N–H and O–H groups in total. The van der Waals surface area contributed by atoms with Crippen molar-refractivity contribution in [2.24, 2.45) is 5.73 Å². The molecule has 0 fully saturated rings. The summed E-state index contributed by atoms with van der Waals surface area (Å²) >= 11 is 1.15. The highest BCUT2D eigenvalue weighted by Crippen LogP contribution is 2.58. The molecule has 0 saturated heterocycles. The molecule has 11 heteroatoms. The van der Waals surface area contributed by atoms with Crippen molar-refractivity contribution in [3.05, 3.63) is 80.9 Å². The van der Waals surface area contributed by atoms with Crippen LogP contribution in [0.4, 0.5) is 11.4 Å². The summed E-state index contributed by atoms with van der Waals surface area (Å²) in [6, 6.07) is 15.8. The number of nitrogens with two attached hydrogens (primary N) is 1. The molecular formula is C28H24N4O6S. The average Bonchev–Trinajstić information content (AvgIpc) is 3.37. The number of rotatable bonds is 6. The number of methoxy groups -OCH3 is 1. The van der Waals surface area contributed by atoms with Crippen molar-refractivity contribution in [1.29, 1.82) is 5.26 Å². The number of esters is 1. The zero-order valence-corrected chi connectivity index (χ0v) is 22.2. The highest BCUT2D eigenvalue weighted by molar-refractivity contribution is 7.13. The number of amides is 2. The third-order valence-corrected chi connectivity index (χ3v) is 7.83. The van der Waals surface area contributed by atoms with Gasteiger partial charge in [-0.3, -0.25) is 9.59 Å². The fraction of sp³-hybridized carbons (Fsp3) is 0.214. The molecule has 2 amide bonds. The fourth-order valence-corrected chi connectivity index (χ4v) is 6.30. The van der Waals surface area contributed by atoms with Crippen LogP contribution in [0, 0.1) is 18.3 Å². The predicted molar refractivity (Wildman–Crippen MR) is 144 cm³/mol. The van der Waals surface area contributed by atoms with E-state index in [1.807, 2.05) is 0 Å². The number of carbonyl (C=O) groups is 3. The lowest BCUT2D eigenvalue weighted by Gasteiger charge is -2.32. The Kier molecular flexibility index (Phi) is 6.49. The second-order valence-corrected chi connectivity index (χ2v) is 10.0. The van der Waals surface area contributed by atoms with Crippen molar-refractivity contribution in [2.45, 2.75) is 19.3 Å². The Balaban J connectivity index is 1.63. The molecule has 1 atom stereocenters. The first-order chi connectivity index (χ1) is 18.8. The maximum absolute atomic E-state index is 14.4. The van der Waals surface area contributed by atoms with E-state index in [0.29, 0.717) is 32.4 Å². The molecule has 5 rings (SSSR count). The first-order valence-corrected chi connectivity index (χ1v) is 12.8. The minimum Gasteiger partial charge on any atom is -0.497 e. The van der Waals surface area contributed by atoms with Crippen LogP contribution in [-0.2, 0) is 19.7 Å². The van der Waals surface area contributed by atoms with Gasteiger partial charge in [-0.2, -0.15) is 5.26 Å². The van der Waals surface area contributed by atoms with Crippen molar-refractivity contribution >= 4 is 40.5 Å². The number of benzene rings is 2. The number of nitrogens with zero attached hydrogens (tertiary/aromatic N) is 2. The summed E-state index contributed by atoms with van der Waals surface area (Å²) in [6.07, 6.45) is 0. The minimum atomic E-state index is -1.70. The monoisotopic (exact) mass is 544 g/mol. The maximum atomic E-state index is 14.4. The molecular weight excluding hydrogens is 520 g/mol. The maximum Gasteiger partial charge on any atom is 0.343 e. The average molecular weight is 545 g/mol. The van der Waals surface area contributed by atoms with Gasteiger partial charge in [-0.05, 0) is 32.0 Å². The summed E-state index contributed by atoms with van der Waals surface area (Å²) in [5, 5.41) is 13.0. The Morgan fingerprint density at radius 2 is 2.00 bits per heavy atom. The second kappa shape index (κ2) is 9.81. The standard InChI is InChI=1S/C28H24N4O6S/c1-4-37-26(34)22-15(2)39-24-23(22)38-25(30)19(13-29)28(24)18-10-5-6-11-20(18)32(27(28)35)14-21(33)31-16-8-7-9-17(12-16)36-3/h5-12H,4,14,30H2,1-3H3,(H,31,33)/t28-/m0/s1. The summed E-state index contributed by atoms with van der Waals surface area (Å²) in [5.74, 6) is -1.28. The Hall–Kier alpha value is -4.82. The quantitative estimate of drug-likeness (QED) is 0.448. The van der Waals surface area contributed by atoms with Crippen molar-refractivity contribution in [3.8, 4) is 17.6 Å². The smallest absolute Gasteiger partial charge is 0.343 e. The highest BCUT2D eigenvalue weighted by Gasteiger charge is 2.61. The molecule has 198 valence electrons.